The van der Waals surface area contributed by atoms with Crippen molar-refractivity contribution in [2.75, 3.05) is 53.1 Å². The average Bonchev–Trinajstić information content (AvgIpc) is 3.29. The molecule has 2 aromatic heterocycles. The Balaban J connectivity index is 1.28. The molecule has 0 atom stereocenters. The first-order chi connectivity index (χ1) is 19.1. The molecule has 6 rings (SSSR count). The SMILES string of the molecule is Cn1cc(-c2cn(-c3ccc(NS(=O)(=O)CCO)cc3N3CCC4(CC3)CC4)nn2)nc1N1CCC(F)(F)CC1. The number of hydrogen-bond acceptors (Lipinski definition) is 8. The third-order valence-electron chi connectivity index (χ3n) is 8.36. The molecule has 1 saturated carbocycles. The average molecular weight is 577 g/mol. The van der Waals surface area contributed by atoms with Gasteiger partial charge in [-0.05, 0) is 49.3 Å². The van der Waals surface area contributed by atoms with Crippen molar-refractivity contribution in [1.29, 1.82) is 0 Å². The summed E-state index contributed by atoms with van der Waals surface area (Å²) < 4.78 is 58.0. The van der Waals surface area contributed by atoms with Gasteiger partial charge in [0.05, 0.1) is 35.6 Å². The second-order valence-electron chi connectivity index (χ2n) is 11.3. The lowest BCUT2D eigenvalue weighted by atomic mass is 9.93. The molecule has 11 nitrogen and oxygen atoms in total. The third kappa shape index (κ3) is 5.51. The van der Waals surface area contributed by atoms with Crippen LogP contribution in [-0.4, -0.2) is 82.5 Å². The number of benzene rings is 1. The Morgan fingerprint density at radius 1 is 0.950 bits per heavy atom. The fourth-order valence-corrected chi connectivity index (χ4v) is 6.52. The zero-order valence-electron chi connectivity index (χ0n) is 22.4. The Morgan fingerprint density at radius 3 is 2.33 bits per heavy atom. The Morgan fingerprint density at radius 2 is 1.65 bits per heavy atom. The van der Waals surface area contributed by atoms with Gasteiger partial charge in [0.2, 0.25) is 16.0 Å². The van der Waals surface area contributed by atoms with Crippen LogP contribution in [0.15, 0.2) is 30.6 Å². The minimum atomic E-state index is -3.68. The van der Waals surface area contributed by atoms with E-state index in [2.05, 4.69) is 24.9 Å². The largest absolute Gasteiger partial charge is 0.395 e. The minimum Gasteiger partial charge on any atom is -0.395 e. The normalized spacial score (nSPS) is 20.2. The topological polar surface area (TPSA) is 121 Å². The molecular weight excluding hydrogens is 542 g/mol. The van der Waals surface area contributed by atoms with Crippen molar-refractivity contribution in [2.24, 2.45) is 12.5 Å². The summed E-state index contributed by atoms with van der Waals surface area (Å²) in [5.41, 5.74) is 3.61. The van der Waals surface area contributed by atoms with Gasteiger partial charge < -0.3 is 19.5 Å². The van der Waals surface area contributed by atoms with Gasteiger partial charge in [0, 0.05) is 52.3 Å². The number of piperidine rings is 2. The smallest absolute Gasteiger partial charge is 0.251 e. The molecule has 3 aromatic rings. The molecule has 2 N–H and O–H groups in total. The van der Waals surface area contributed by atoms with Gasteiger partial charge >= 0.3 is 0 Å². The number of aromatic nitrogens is 5. The first kappa shape index (κ1) is 26.9. The van der Waals surface area contributed by atoms with Crippen molar-refractivity contribution >= 4 is 27.3 Å². The monoisotopic (exact) mass is 576 g/mol. The van der Waals surface area contributed by atoms with Crippen LogP contribution in [0.1, 0.15) is 38.5 Å². The molecule has 0 bridgehead atoms. The van der Waals surface area contributed by atoms with E-state index in [-0.39, 0.29) is 31.7 Å². The van der Waals surface area contributed by atoms with Crippen LogP contribution in [0.25, 0.3) is 17.1 Å². The fraction of sp³-hybridized carbons (Fsp3) is 0.577. The Labute approximate surface area is 231 Å². The van der Waals surface area contributed by atoms with E-state index in [0.29, 0.717) is 28.4 Å². The summed E-state index contributed by atoms with van der Waals surface area (Å²) in [6.07, 6.45) is 7.92. The summed E-state index contributed by atoms with van der Waals surface area (Å²) in [6.45, 7) is 1.73. The van der Waals surface area contributed by atoms with Gasteiger partial charge in [-0.1, -0.05) is 5.21 Å². The van der Waals surface area contributed by atoms with Gasteiger partial charge in [-0.2, -0.15) is 0 Å². The van der Waals surface area contributed by atoms with Crippen molar-refractivity contribution in [3.05, 3.63) is 30.6 Å². The molecule has 0 radical (unpaired) electrons. The van der Waals surface area contributed by atoms with Crippen LogP contribution in [0.4, 0.5) is 26.1 Å². The zero-order chi connectivity index (χ0) is 28.1. The second kappa shape index (κ2) is 9.98. The van der Waals surface area contributed by atoms with Crippen molar-refractivity contribution in [3.63, 3.8) is 0 Å². The van der Waals surface area contributed by atoms with Crippen molar-refractivity contribution in [3.8, 4) is 17.1 Å². The van der Waals surface area contributed by atoms with Crippen LogP contribution in [0.2, 0.25) is 0 Å². The van der Waals surface area contributed by atoms with Crippen LogP contribution in [0.5, 0.6) is 0 Å². The standard InChI is InChI=1S/C26H34F2N8O3S/c1-33-17-20(29-24(33)35-12-8-26(27,28)9-13-35)21-18-36(32-30-21)22-3-2-19(31-40(38,39)15-14-37)16-23(22)34-10-6-25(4-5-25)7-11-34/h2-3,16-18,31,37H,4-15H2,1H3. The molecule has 40 heavy (non-hydrogen) atoms. The van der Waals surface area contributed by atoms with E-state index in [1.54, 1.807) is 16.9 Å². The number of alkyl halides is 2. The maximum atomic E-state index is 13.7. The Bertz CT molecular complexity index is 1480. The molecule has 0 unspecified atom stereocenters. The quantitative estimate of drug-likeness (QED) is 0.420. The number of imidazole rings is 1. The lowest BCUT2D eigenvalue weighted by molar-refractivity contribution is -0.0223. The third-order valence-corrected chi connectivity index (χ3v) is 9.63. The van der Waals surface area contributed by atoms with Crippen LogP contribution >= 0.6 is 0 Å². The molecule has 3 aliphatic rings. The van der Waals surface area contributed by atoms with Gasteiger partial charge in [0.25, 0.3) is 5.92 Å². The highest BCUT2D eigenvalue weighted by molar-refractivity contribution is 7.92. The number of nitrogens with zero attached hydrogens (tertiary/aromatic N) is 7. The molecule has 2 aliphatic heterocycles. The Kier molecular flexibility index (Phi) is 6.72. The summed E-state index contributed by atoms with van der Waals surface area (Å²) in [5, 5.41) is 17.8. The van der Waals surface area contributed by atoms with Crippen LogP contribution in [0.3, 0.4) is 0 Å². The molecular formula is C26H34F2N8O3S. The highest BCUT2D eigenvalue weighted by Gasteiger charge is 2.44. The summed E-state index contributed by atoms with van der Waals surface area (Å²) >= 11 is 0. The van der Waals surface area contributed by atoms with Gasteiger partial charge in [0.15, 0.2) is 0 Å². The van der Waals surface area contributed by atoms with Crippen LogP contribution < -0.4 is 14.5 Å². The summed E-state index contributed by atoms with van der Waals surface area (Å²) in [7, 11) is -1.84. The molecule has 1 aliphatic carbocycles. The first-order valence-corrected chi connectivity index (χ1v) is 15.3. The number of sulfonamides is 1. The molecule has 14 heteroatoms. The number of anilines is 3. The zero-order valence-corrected chi connectivity index (χ0v) is 23.2. The number of hydrogen-bond donors (Lipinski definition) is 2. The molecule has 3 fully saturated rings. The van der Waals surface area contributed by atoms with Gasteiger partial charge in [0.1, 0.15) is 11.4 Å². The molecule has 0 amide bonds. The van der Waals surface area contributed by atoms with E-state index in [1.807, 2.05) is 34.8 Å². The van der Waals surface area contributed by atoms with Crippen molar-refractivity contribution < 1.29 is 22.3 Å². The summed E-state index contributed by atoms with van der Waals surface area (Å²) in [4.78, 5) is 8.81. The van der Waals surface area contributed by atoms with E-state index in [0.717, 1.165) is 37.3 Å². The van der Waals surface area contributed by atoms with Gasteiger partial charge in [-0.3, -0.25) is 4.72 Å². The van der Waals surface area contributed by atoms with Crippen LogP contribution in [-0.2, 0) is 17.1 Å². The molecule has 2 saturated heterocycles. The molecule has 216 valence electrons. The minimum absolute atomic E-state index is 0.197. The second-order valence-corrected chi connectivity index (χ2v) is 13.1. The molecule has 1 spiro atoms. The number of aliphatic hydroxyl groups excluding tert-OH is 1. The predicted molar refractivity (Wildman–Crippen MR) is 148 cm³/mol. The van der Waals surface area contributed by atoms with Crippen molar-refractivity contribution in [2.45, 2.75) is 44.4 Å². The fourth-order valence-electron chi connectivity index (χ4n) is 5.69. The number of rotatable bonds is 8. The van der Waals surface area contributed by atoms with E-state index in [1.165, 1.54) is 12.8 Å². The van der Waals surface area contributed by atoms with E-state index >= 15 is 0 Å². The van der Waals surface area contributed by atoms with E-state index in [4.69, 9.17) is 5.11 Å². The highest BCUT2D eigenvalue weighted by Crippen LogP contribution is 2.54. The molecule has 1 aromatic carbocycles. The number of nitrogens with one attached hydrogen (secondary N) is 1. The van der Waals surface area contributed by atoms with Crippen molar-refractivity contribution in [1.82, 2.24) is 24.5 Å². The lowest BCUT2D eigenvalue weighted by Gasteiger charge is -2.35. The maximum Gasteiger partial charge on any atom is 0.251 e. The first-order valence-electron chi connectivity index (χ1n) is 13.7. The number of aryl methyl sites for hydroxylation is 1. The highest BCUT2D eigenvalue weighted by atomic mass is 32.2. The summed E-state index contributed by atoms with van der Waals surface area (Å²) in [6, 6.07) is 5.29. The van der Waals surface area contributed by atoms with Gasteiger partial charge in [-0.25, -0.2) is 26.9 Å². The molecule has 4 heterocycles. The maximum absolute atomic E-state index is 13.7. The number of aliphatic hydroxyl groups is 1. The van der Waals surface area contributed by atoms with Crippen LogP contribution in [0, 0.1) is 5.41 Å². The Hall–Kier alpha value is -3.26. The number of halogens is 2. The predicted octanol–water partition coefficient (Wildman–Crippen LogP) is 3.02. The van der Waals surface area contributed by atoms with E-state index in [9.17, 15) is 17.2 Å². The lowest BCUT2D eigenvalue weighted by Crippen LogP contribution is -2.40. The van der Waals surface area contributed by atoms with E-state index < -0.39 is 22.6 Å². The van der Waals surface area contributed by atoms with Gasteiger partial charge in [-0.15, -0.1) is 5.10 Å². The summed E-state index contributed by atoms with van der Waals surface area (Å²) in [5.74, 6) is -2.40.